The molecule has 0 aromatic heterocycles. The Morgan fingerprint density at radius 1 is 1.22 bits per heavy atom. The molecule has 0 atom stereocenters. The second-order valence-corrected chi connectivity index (χ2v) is 5.37. The van der Waals surface area contributed by atoms with Gasteiger partial charge in [-0.3, -0.25) is 4.55 Å². The number of benzene rings is 1. The summed E-state index contributed by atoms with van der Waals surface area (Å²) in [5.41, 5.74) is 1.29. The van der Waals surface area contributed by atoms with E-state index in [1.54, 1.807) is 0 Å². The molecule has 1 aromatic rings. The summed E-state index contributed by atoms with van der Waals surface area (Å²) in [6.45, 7) is 1.22. The maximum atomic E-state index is 10.7. The molecule has 1 aromatic carbocycles. The van der Waals surface area contributed by atoms with Crippen LogP contribution >= 0.6 is 0 Å². The maximum Gasteiger partial charge on any atom is 1.00 e. The van der Waals surface area contributed by atoms with E-state index < -0.39 is 10.3 Å². The van der Waals surface area contributed by atoms with E-state index in [1.807, 2.05) is 18.2 Å². The van der Waals surface area contributed by atoms with Gasteiger partial charge in [-0.15, -0.1) is 4.83 Å². The summed E-state index contributed by atoms with van der Waals surface area (Å²) >= 11 is 0. The summed E-state index contributed by atoms with van der Waals surface area (Å²) < 4.78 is 30.0. The third-order valence-electron chi connectivity index (χ3n) is 3.01. The van der Waals surface area contributed by atoms with Gasteiger partial charge >= 0.3 is 39.9 Å². The largest absolute Gasteiger partial charge is 1.00 e. The summed E-state index contributed by atoms with van der Waals surface area (Å²) in [5, 5.41) is 1.54. The van der Waals surface area contributed by atoms with Gasteiger partial charge in [0.25, 0.3) is 0 Å². The summed E-state index contributed by atoms with van der Waals surface area (Å²) in [6.07, 6.45) is 1.76. The van der Waals surface area contributed by atoms with Gasteiger partial charge < -0.3 is 1.43 Å². The van der Waals surface area contributed by atoms with Crippen LogP contribution in [0.5, 0.6) is 0 Å². The first-order valence-electron chi connectivity index (χ1n) is 5.59. The number of rotatable bonds is 3. The van der Waals surface area contributed by atoms with E-state index in [2.05, 4.69) is 17.0 Å². The Morgan fingerprint density at radius 2 is 1.78 bits per heavy atom. The van der Waals surface area contributed by atoms with E-state index in [4.69, 9.17) is 4.55 Å². The van der Waals surface area contributed by atoms with Crippen LogP contribution in [0.2, 0.25) is 0 Å². The minimum Gasteiger partial charge on any atom is -1.00 e. The number of hydrogen-bond acceptors (Lipinski definition) is 3. The Hall–Kier alpha value is 0.0500. The van der Waals surface area contributed by atoms with Crippen molar-refractivity contribution in [1.29, 1.82) is 0 Å². The third kappa shape index (κ3) is 4.97. The van der Waals surface area contributed by atoms with Gasteiger partial charge in [-0.05, 0) is 24.3 Å². The van der Waals surface area contributed by atoms with E-state index in [1.165, 1.54) is 10.6 Å². The molecule has 0 amide bonds. The molecule has 2 N–H and O–H groups in total. The zero-order chi connectivity index (χ0) is 12.3. The van der Waals surface area contributed by atoms with Crippen LogP contribution in [0.4, 0.5) is 0 Å². The summed E-state index contributed by atoms with van der Waals surface area (Å²) in [4.78, 5) is 2.09. The fourth-order valence-corrected chi connectivity index (χ4v) is 2.70. The van der Waals surface area contributed by atoms with Crippen molar-refractivity contribution in [3.63, 3.8) is 0 Å². The summed E-state index contributed by atoms with van der Waals surface area (Å²) in [5.74, 6) is 0.468. The van der Waals surface area contributed by atoms with Gasteiger partial charge in [0.1, 0.15) is 0 Å². The SMILES string of the molecule is O=S(=O)(O)NN1CCC(c2ccccc2)CC1.[H-].[Na+]. The van der Waals surface area contributed by atoms with Gasteiger partial charge in [0.15, 0.2) is 0 Å². The van der Waals surface area contributed by atoms with Crippen LogP contribution in [-0.2, 0) is 10.3 Å². The zero-order valence-corrected chi connectivity index (χ0v) is 13.2. The van der Waals surface area contributed by atoms with Gasteiger partial charge in [0.05, 0.1) is 0 Å². The molecule has 2 rings (SSSR count). The Morgan fingerprint density at radius 3 is 2.28 bits per heavy atom. The van der Waals surface area contributed by atoms with Crippen LogP contribution in [0.3, 0.4) is 0 Å². The summed E-state index contributed by atoms with van der Waals surface area (Å²) in [7, 11) is -4.13. The first-order chi connectivity index (χ1) is 8.04. The Labute approximate surface area is 131 Å². The average molecular weight is 280 g/mol. The van der Waals surface area contributed by atoms with Crippen LogP contribution in [0.25, 0.3) is 0 Å². The molecule has 1 aliphatic rings. The number of piperidine rings is 1. The molecule has 0 saturated carbocycles. The number of hydrogen-bond donors (Lipinski definition) is 2. The van der Waals surface area contributed by atoms with Crippen LogP contribution in [-0.4, -0.2) is 31.1 Å². The monoisotopic (exact) mass is 280 g/mol. The summed E-state index contributed by atoms with van der Waals surface area (Å²) in [6, 6.07) is 10.2. The van der Waals surface area contributed by atoms with Gasteiger partial charge in [-0.25, -0.2) is 5.01 Å². The Bertz CT molecular complexity index is 464. The fourth-order valence-electron chi connectivity index (χ4n) is 2.19. The molecule has 18 heavy (non-hydrogen) atoms. The normalized spacial score (nSPS) is 18.3. The van der Waals surface area contributed by atoms with Crippen molar-refractivity contribution in [2.75, 3.05) is 13.1 Å². The second kappa shape index (κ2) is 7.00. The van der Waals surface area contributed by atoms with Crippen LogP contribution in [0.1, 0.15) is 25.7 Å². The standard InChI is InChI=1S/C11H16N2O3S.Na.H/c14-17(15,16)12-13-8-6-11(7-9-13)10-4-2-1-3-5-10;;/h1-5,11-12H,6-9H2,(H,14,15,16);;/q;+1;-1. The minimum absolute atomic E-state index is 0. The molecule has 0 unspecified atom stereocenters. The molecular formula is C11H17N2NaO3S. The third-order valence-corrected chi connectivity index (χ3v) is 3.50. The quantitative estimate of drug-likeness (QED) is 0.511. The predicted octanol–water partition coefficient (Wildman–Crippen LogP) is -1.71. The molecule has 0 spiro atoms. The molecule has 1 saturated heterocycles. The number of nitrogens with one attached hydrogen (secondary N) is 1. The van der Waals surface area contributed by atoms with Crippen LogP contribution in [0.15, 0.2) is 30.3 Å². The Kier molecular flexibility index (Phi) is 6.26. The van der Waals surface area contributed by atoms with Crippen molar-refractivity contribution in [2.24, 2.45) is 0 Å². The van der Waals surface area contributed by atoms with E-state index in [0.29, 0.717) is 19.0 Å². The van der Waals surface area contributed by atoms with Crippen molar-refractivity contribution in [3.05, 3.63) is 35.9 Å². The van der Waals surface area contributed by atoms with Crippen molar-refractivity contribution < 1.29 is 44.0 Å². The topological polar surface area (TPSA) is 69.6 Å². The maximum absolute atomic E-state index is 10.7. The molecule has 1 fully saturated rings. The van der Waals surface area contributed by atoms with E-state index in [0.717, 1.165) is 12.8 Å². The fraction of sp³-hybridized carbons (Fsp3) is 0.455. The van der Waals surface area contributed by atoms with Gasteiger partial charge in [0.2, 0.25) is 0 Å². The van der Waals surface area contributed by atoms with Crippen molar-refractivity contribution in [3.8, 4) is 0 Å². The second-order valence-electron chi connectivity index (χ2n) is 4.24. The first-order valence-corrected chi connectivity index (χ1v) is 7.03. The average Bonchev–Trinajstić information content (AvgIpc) is 2.29. The zero-order valence-electron chi connectivity index (χ0n) is 11.4. The van der Waals surface area contributed by atoms with E-state index in [-0.39, 0.29) is 31.0 Å². The van der Waals surface area contributed by atoms with Gasteiger partial charge in [-0.1, -0.05) is 30.3 Å². The molecule has 5 nitrogen and oxygen atoms in total. The van der Waals surface area contributed by atoms with Crippen LogP contribution < -0.4 is 34.4 Å². The molecule has 0 bridgehead atoms. The predicted molar refractivity (Wildman–Crippen MR) is 65.8 cm³/mol. The first kappa shape index (κ1) is 16.1. The number of nitrogens with zero attached hydrogens (tertiary/aromatic N) is 1. The van der Waals surface area contributed by atoms with Crippen molar-refractivity contribution >= 4 is 10.3 Å². The molecule has 0 radical (unpaired) electrons. The van der Waals surface area contributed by atoms with Crippen molar-refractivity contribution in [2.45, 2.75) is 18.8 Å². The molecule has 7 heteroatoms. The number of hydrazine groups is 1. The smallest absolute Gasteiger partial charge is 1.00 e. The Balaban J connectivity index is 0.00000162. The molecule has 96 valence electrons. The van der Waals surface area contributed by atoms with Gasteiger partial charge in [-0.2, -0.15) is 8.42 Å². The van der Waals surface area contributed by atoms with E-state index >= 15 is 0 Å². The van der Waals surface area contributed by atoms with E-state index in [9.17, 15) is 8.42 Å². The molecule has 1 aliphatic heterocycles. The molecule has 0 aliphatic carbocycles. The minimum atomic E-state index is -4.13. The van der Waals surface area contributed by atoms with Gasteiger partial charge in [0, 0.05) is 13.1 Å². The molecular weight excluding hydrogens is 263 g/mol. The van der Waals surface area contributed by atoms with Crippen molar-refractivity contribution in [1.82, 2.24) is 9.84 Å². The van der Waals surface area contributed by atoms with Crippen LogP contribution in [0, 0.1) is 0 Å². The molecule has 1 heterocycles.